The van der Waals surface area contributed by atoms with Gasteiger partial charge >= 0.3 is 0 Å². The minimum Gasteiger partial charge on any atom is -0.399 e. The van der Waals surface area contributed by atoms with Crippen LogP contribution in [0.15, 0.2) is 18.2 Å². The molecular weight excluding hydrogens is 264 g/mol. The molecule has 1 aliphatic heterocycles. The first-order valence-electron chi connectivity index (χ1n) is 6.25. The van der Waals surface area contributed by atoms with Crippen LogP contribution in [-0.2, 0) is 9.84 Å². The molecule has 0 spiro atoms. The Balaban J connectivity index is 2.06. The van der Waals surface area contributed by atoms with Gasteiger partial charge in [-0.15, -0.1) is 0 Å². The van der Waals surface area contributed by atoms with Crippen LogP contribution in [0, 0.1) is 6.92 Å². The summed E-state index contributed by atoms with van der Waals surface area (Å²) in [5.74, 6) is 0.0118. The van der Waals surface area contributed by atoms with E-state index in [1.165, 1.54) is 0 Å². The number of nitrogens with one attached hydrogen (secondary N) is 1. The molecule has 1 unspecified atom stereocenters. The summed E-state index contributed by atoms with van der Waals surface area (Å²) in [5, 5.41) is 2.78. The van der Waals surface area contributed by atoms with Crippen molar-refractivity contribution < 1.29 is 13.2 Å². The number of rotatable bonds is 2. The fourth-order valence-electron chi connectivity index (χ4n) is 2.22. The fourth-order valence-corrected chi connectivity index (χ4v) is 3.86. The van der Waals surface area contributed by atoms with Crippen LogP contribution in [0.5, 0.6) is 0 Å². The number of nitrogens with two attached hydrogens (primary N) is 1. The van der Waals surface area contributed by atoms with Crippen molar-refractivity contribution in [3.05, 3.63) is 29.3 Å². The number of hydrogen-bond donors (Lipinski definition) is 2. The summed E-state index contributed by atoms with van der Waals surface area (Å²) in [6.45, 7) is 1.83. The van der Waals surface area contributed by atoms with Gasteiger partial charge in [-0.2, -0.15) is 0 Å². The van der Waals surface area contributed by atoms with E-state index >= 15 is 0 Å². The molecule has 1 aliphatic rings. The lowest BCUT2D eigenvalue weighted by Crippen LogP contribution is -2.43. The second-order valence-corrected chi connectivity index (χ2v) is 7.23. The maximum atomic E-state index is 12.0. The van der Waals surface area contributed by atoms with Gasteiger partial charge in [0.15, 0.2) is 9.84 Å². The van der Waals surface area contributed by atoms with E-state index in [-0.39, 0.29) is 23.5 Å². The van der Waals surface area contributed by atoms with Crippen molar-refractivity contribution in [2.24, 2.45) is 0 Å². The number of carbonyl (C=O) groups is 1. The molecule has 0 saturated carbocycles. The largest absolute Gasteiger partial charge is 0.399 e. The van der Waals surface area contributed by atoms with Crippen LogP contribution in [0.2, 0.25) is 0 Å². The number of aryl methyl sites for hydroxylation is 1. The van der Waals surface area contributed by atoms with Gasteiger partial charge in [-0.25, -0.2) is 8.42 Å². The average Bonchev–Trinajstić information content (AvgIpc) is 2.31. The summed E-state index contributed by atoms with van der Waals surface area (Å²) < 4.78 is 23.0. The van der Waals surface area contributed by atoms with Crippen molar-refractivity contribution >= 4 is 21.4 Å². The van der Waals surface area contributed by atoms with Gasteiger partial charge in [0, 0.05) is 17.3 Å². The fraction of sp³-hybridized carbons (Fsp3) is 0.462. The van der Waals surface area contributed by atoms with Gasteiger partial charge in [-0.3, -0.25) is 4.79 Å². The van der Waals surface area contributed by atoms with Crippen LogP contribution in [0.4, 0.5) is 5.69 Å². The summed E-state index contributed by atoms with van der Waals surface area (Å²) in [4.78, 5) is 12.0. The Labute approximate surface area is 113 Å². The number of carbonyl (C=O) groups excluding carboxylic acids is 1. The third-order valence-corrected chi connectivity index (χ3v) is 5.15. The zero-order valence-corrected chi connectivity index (χ0v) is 11.7. The molecule has 1 amide bonds. The Morgan fingerprint density at radius 3 is 2.79 bits per heavy atom. The highest BCUT2D eigenvalue weighted by atomic mass is 32.2. The predicted molar refractivity (Wildman–Crippen MR) is 74.7 cm³/mol. The van der Waals surface area contributed by atoms with Gasteiger partial charge in [0.25, 0.3) is 5.91 Å². The molecule has 0 radical (unpaired) electrons. The number of sulfone groups is 1. The maximum Gasteiger partial charge on any atom is 0.251 e. The summed E-state index contributed by atoms with van der Waals surface area (Å²) in [6.07, 6.45) is 1.31. The Hall–Kier alpha value is -1.56. The second-order valence-electron chi connectivity index (χ2n) is 5.00. The average molecular weight is 282 g/mol. The molecule has 0 bridgehead atoms. The van der Waals surface area contributed by atoms with E-state index in [1.807, 2.05) is 6.92 Å². The van der Waals surface area contributed by atoms with E-state index in [0.717, 1.165) is 5.56 Å². The summed E-state index contributed by atoms with van der Waals surface area (Å²) in [7, 11) is -3.01. The van der Waals surface area contributed by atoms with Gasteiger partial charge in [-0.05, 0) is 43.5 Å². The lowest BCUT2D eigenvalue weighted by Gasteiger charge is -2.23. The molecule has 1 heterocycles. The van der Waals surface area contributed by atoms with E-state index in [9.17, 15) is 13.2 Å². The topological polar surface area (TPSA) is 89.3 Å². The van der Waals surface area contributed by atoms with Crippen LogP contribution in [0.3, 0.4) is 0 Å². The van der Waals surface area contributed by atoms with Crippen molar-refractivity contribution in [3.8, 4) is 0 Å². The first-order chi connectivity index (χ1) is 8.87. The molecule has 2 rings (SSSR count). The van der Waals surface area contributed by atoms with Gasteiger partial charge in [0.2, 0.25) is 0 Å². The number of amides is 1. The minimum atomic E-state index is -3.01. The molecule has 0 aliphatic carbocycles. The molecule has 19 heavy (non-hydrogen) atoms. The minimum absolute atomic E-state index is 0.0344. The zero-order chi connectivity index (χ0) is 14.0. The first-order valence-corrected chi connectivity index (χ1v) is 8.07. The highest BCUT2D eigenvalue weighted by molar-refractivity contribution is 7.91. The Kier molecular flexibility index (Phi) is 3.80. The molecule has 3 N–H and O–H groups in total. The predicted octanol–water partition coefficient (Wildman–Crippen LogP) is 0.884. The Morgan fingerprint density at radius 1 is 1.42 bits per heavy atom. The highest BCUT2D eigenvalue weighted by Gasteiger charge is 2.26. The van der Waals surface area contributed by atoms with Crippen LogP contribution in [0.1, 0.15) is 28.8 Å². The smallest absolute Gasteiger partial charge is 0.251 e. The quantitative estimate of drug-likeness (QED) is 0.788. The lowest BCUT2D eigenvalue weighted by molar-refractivity contribution is 0.0938. The number of anilines is 1. The van der Waals surface area contributed by atoms with Crippen molar-refractivity contribution in [2.45, 2.75) is 25.8 Å². The molecule has 6 heteroatoms. The SMILES string of the molecule is Cc1cc(C(=O)NC2CCCS(=O)(=O)C2)ccc1N. The molecule has 1 atom stereocenters. The van der Waals surface area contributed by atoms with Gasteiger partial charge in [-0.1, -0.05) is 0 Å². The van der Waals surface area contributed by atoms with Gasteiger partial charge in [0.05, 0.1) is 11.5 Å². The zero-order valence-electron chi connectivity index (χ0n) is 10.8. The highest BCUT2D eigenvalue weighted by Crippen LogP contribution is 2.15. The Morgan fingerprint density at radius 2 is 2.16 bits per heavy atom. The standard InChI is InChI=1S/C13H18N2O3S/c1-9-7-10(4-5-12(9)14)13(16)15-11-3-2-6-19(17,18)8-11/h4-5,7,11H,2-3,6,8,14H2,1H3,(H,15,16). The van der Waals surface area contributed by atoms with Crippen molar-refractivity contribution in [2.75, 3.05) is 17.2 Å². The second kappa shape index (κ2) is 5.21. The lowest BCUT2D eigenvalue weighted by atomic mass is 10.1. The summed E-state index contributed by atoms with van der Waals surface area (Å²) >= 11 is 0. The first kappa shape index (κ1) is 13.9. The molecular formula is C13H18N2O3S. The van der Waals surface area contributed by atoms with Gasteiger partial charge < -0.3 is 11.1 Å². The van der Waals surface area contributed by atoms with E-state index in [0.29, 0.717) is 24.1 Å². The van der Waals surface area contributed by atoms with Crippen molar-refractivity contribution in [1.29, 1.82) is 0 Å². The summed E-state index contributed by atoms with van der Waals surface area (Å²) in [6, 6.07) is 4.75. The maximum absolute atomic E-state index is 12.0. The number of nitrogen functional groups attached to an aromatic ring is 1. The molecule has 5 nitrogen and oxygen atoms in total. The molecule has 1 aromatic carbocycles. The van der Waals surface area contributed by atoms with Crippen molar-refractivity contribution in [1.82, 2.24) is 5.32 Å². The summed E-state index contributed by atoms with van der Waals surface area (Å²) in [5.41, 5.74) is 7.68. The van der Waals surface area contributed by atoms with Crippen LogP contribution >= 0.6 is 0 Å². The van der Waals surface area contributed by atoms with E-state index in [1.54, 1.807) is 18.2 Å². The van der Waals surface area contributed by atoms with Crippen molar-refractivity contribution in [3.63, 3.8) is 0 Å². The van der Waals surface area contributed by atoms with Crippen LogP contribution in [-0.4, -0.2) is 31.9 Å². The van der Waals surface area contributed by atoms with E-state index in [4.69, 9.17) is 5.73 Å². The third kappa shape index (κ3) is 3.47. The molecule has 104 valence electrons. The Bertz CT molecular complexity index is 596. The van der Waals surface area contributed by atoms with E-state index in [2.05, 4.69) is 5.32 Å². The monoisotopic (exact) mass is 282 g/mol. The molecule has 1 fully saturated rings. The van der Waals surface area contributed by atoms with E-state index < -0.39 is 9.84 Å². The number of benzene rings is 1. The molecule has 0 aromatic heterocycles. The molecule has 1 saturated heterocycles. The van der Waals surface area contributed by atoms with Crippen LogP contribution in [0.25, 0.3) is 0 Å². The van der Waals surface area contributed by atoms with Gasteiger partial charge in [0.1, 0.15) is 0 Å². The molecule has 1 aromatic rings. The third-order valence-electron chi connectivity index (χ3n) is 3.33. The van der Waals surface area contributed by atoms with Crippen LogP contribution < -0.4 is 11.1 Å². The number of hydrogen-bond acceptors (Lipinski definition) is 4. The normalized spacial score (nSPS) is 21.8.